The highest BCUT2D eigenvalue weighted by Crippen LogP contribution is 2.33. The number of carbonyl (C=O) groups is 1. The second-order valence-corrected chi connectivity index (χ2v) is 11.4. The van der Waals surface area contributed by atoms with Gasteiger partial charge in [0.15, 0.2) is 0 Å². The van der Waals surface area contributed by atoms with Crippen molar-refractivity contribution in [2.75, 3.05) is 44.2 Å². The molecule has 1 amide bonds. The monoisotopic (exact) mass is 324 g/mol. The van der Waals surface area contributed by atoms with Crippen molar-refractivity contribution in [2.45, 2.75) is 19.0 Å². The fourth-order valence-electron chi connectivity index (χ4n) is 2.53. The maximum atomic E-state index is 11.8. The molecular formula is C17H28N2O2S. The summed E-state index contributed by atoms with van der Waals surface area (Å²) >= 11 is 0. The van der Waals surface area contributed by atoms with Crippen molar-refractivity contribution in [3.05, 3.63) is 35.9 Å². The molecule has 1 aliphatic heterocycles. The van der Waals surface area contributed by atoms with Gasteiger partial charge in [-0.1, -0.05) is 30.3 Å². The predicted molar refractivity (Wildman–Crippen MR) is 94.8 cm³/mol. The van der Waals surface area contributed by atoms with E-state index in [-0.39, 0.29) is 12.1 Å². The van der Waals surface area contributed by atoms with Gasteiger partial charge in [-0.3, -0.25) is 4.90 Å². The van der Waals surface area contributed by atoms with E-state index in [4.69, 9.17) is 4.74 Å². The van der Waals surface area contributed by atoms with Gasteiger partial charge in [-0.25, -0.2) is 14.8 Å². The average Bonchev–Trinajstić information content (AvgIpc) is 2.85. The van der Waals surface area contributed by atoms with Gasteiger partial charge in [0.05, 0.1) is 0 Å². The number of nitrogens with one attached hydrogen (secondary N) is 1. The van der Waals surface area contributed by atoms with Crippen LogP contribution >= 0.6 is 10.0 Å². The fraction of sp³-hybridized carbons (Fsp3) is 0.588. The minimum Gasteiger partial charge on any atom is -0.449 e. The van der Waals surface area contributed by atoms with E-state index in [2.05, 4.69) is 53.2 Å². The Morgan fingerprint density at radius 3 is 2.73 bits per heavy atom. The maximum Gasteiger partial charge on any atom is 0.407 e. The summed E-state index contributed by atoms with van der Waals surface area (Å²) in [5.41, 5.74) is 1.32. The molecule has 0 bridgehead atoms. The number of hydrogen-bond acceptors (Lipinski definition) is 3. The van der Waals surface area contributed by atoms with Gasteiger partial charge < -0.3 is 10.1 Å². The standard InChI is InChI=1S/C17H28N2O2S/c1-22(2,3)12-11-21-17(20)18-16-9-10-19(14-16)13-15-7-5-4-6-8-15/h4-8,16H,9-14H2,1-3H3,(H,18,20). The highest BCUT2D eigenvalue weighted by Gasteiger charge is 2.24. The third-order valence-electron chi connectivity index (χ3n) is 3.77. The summed E-state index contributed by atoms with van der Waals surface area (Å²) in [6, 6.07) is 10.7. The van der Waals surface area contributed by atoms with Gasteiger partial charge in [0.25, 0.3) is 0 Å². The lowest BCUT2D eigenvalue weighted by Gasteiger charge is -2.24. The Hall–Kier alpha value is -1.20. The number of nitrogens with zero attached hydrogens (tertiary/aromatic N) is 1. The molecule has 0 aliphatic carbocycles. The molecule has 1 aromatic carbocycles. The Morgan fingerprint density at radius 2 is 2.05 bits per heavy atom. The molecule has 0 spiro atoms. The van der Waals surface area contributed by atoms with E-state index >= 15 is 0 Å². The molecule has 22 heavy (non-hydrogen) atoms. The zero-order valence-corrected chi connectivity index (χ0v) is 14.7. The number of alkyl carbamates (subject to hydrolysis) is 1. The highest BCUT2D eigenvalue weighted by molar-refractivity contribution is 8.32. The molecule has 1 atom stereocenters. The van der Waals surface area contributed by atoms with Crippen LogP contribution in [0.15, 0.2) is 30.3 Å². The lowest BCUT2D eigenvalue weighted by atomic mass is 10.2. The Morgan fingerprint density at radius 1 is 1.32 bits per heavy atom. The van der Waals surface area contributed by atoms with Crippen LogP contribution in [0.2, 0.25) is 0 Å². The zero-order valence-electron chi connectivity index (χ0n) is 13.9. The Kier molecular flexibility index (Phi) is 6.15. The summed E-state index contributed by atoms with van der Waals surface area (Å²) in [4.78, 5) is 14.2. The van der Waals surface area contributed by atoms with Gasteiger partial charge in [0.1, 0.15) is 6.61 Å². The third-order valence-corrected chi connectivity index (χ3v) is 5.16. The van der Waals surface area contributed by atoms with Crippen LogP contribution in [0.1, 0.15) is 12.0 Å². The first kappa shape index (κ1) is 17.2. The molecule has 1 aliphatic rings. The first-order chi connectivity index (χ1) is 10.4. The van der Waals surface area contributed by atoms with Crippen LogP contribution in [-0.2, 0) is 11.3 Å². The number of likely N-dealkylation sites (tertiary alicyclic amines) is 1. The van der Waals surface area contributed by atoms with Crippen LogP contribution in [0.4, 0.5) is 4.79 Å². The van der Waals surface area contributed by atoms with E-state index < -0.39 is 10.0 Å². The molecule has 4 nitrogen and oxygen atoms in total. The largest absolute Gasteiger partial charge is 0.449 e. The molecule has 1 aromatic rings. The van der Waals surface area contributed by atoms with Crippen molar-refractivity contribution in [2.24, 2.45) is 0 Å². The summed E-state index contributed by atoms with van der Waals surface area (Å²) in [5, 5.41) is 2.99. The van der Waals surface area contributed by atoms with Crippen LogP contribution in [-0.4, -0.2) is 61.3 Å². The van der Waals surface area contributed by atoms with Crippen molar-refractivity contribution in [3.8, 4) is 0 Å². The lowest BCUT2D eigenvalue weighted by molar-refractivity contribution is 0.149. The Balaban J connectivity index is 1.66. The minimum atomic E-state index is -0.604. The van der Waals surface area contributed by atoms with Crippen LogP contribution < -0.4 is 5.32 Å². The molecule has 0 saturated carbocycles. The number of benzene rings is 1. The molecule has 2 rings (SSSR count). The second kappa shape index (κ2) is 7.88. The van der Waals surface area contributed by atoms with Crippen molar-refractivity contribution in [3.63, 3.8) is 0 Å². The molecular weight excluding hydrogens is 296 g/mol. The van der Waals surface area contributed by atoms with Crippen molar-refractivity contribution >= 4 is 16.1 Å². The average molecular weight is 324 g/mol. The third kappa shape index (κ3) is 6.28. The Bertz CT molecular complexity index is 473. The van der Waals surface area contributed by atoms with Gasteiger partial charge in [-0.05, 0) is 30.8 Å². The summed E-state index contributed by atoms with van der Waals surface area (Å²) < 4.78 is 5.29. The van der Waals surface area contributed by atoms with E-state index in [1.54, 1.807) is 0 Å². The normalized spacial score (nSPS) is 19.9. The first-order valence-electron chi connectivity index (χ1n) is 7.78. The summed E-state index contributed by atoms with van der Waals surface area (Å²) in [5.74, 6) is 0.964. The van der Waals surface area contributed by atoms with E-state index in [1.165, 1.54) is 5.56 Å². The second-order valence-electron chi connectivity index (χ2n) is 6.78. The van der Waals surface area contributed by atoms with E-state index in [0.717, 1.165) is 31.8 Å². The van der Waals surface area contributed by atoms with E-state index in [9.17, 15) is 4.79 Å². The summed E-state index contributed by atoms with van der Waals surface area (Å²) in [6.07, 6.45) is 7.41. The van der Waals surface area contributed by atoms with Gasteiger partial charge >= 0.3 is 6.09 Å². The Labute approximate surface area is 135 Å². The maximum absolute atomic E-state index is 11.8. The summed E-state index contributed by atoms with van der Waals surface area (Å²) in [7, 11) is -0.604. The number of rotatable bonds is 6. The smallest absolute Gasteiger partial charge is 0.407 e. The molecule has 1 saturated heterocycles. The molecule has 1 unspecified atom stereocenters. The fourth-order valence-corrected chi connectivity index (χ4v) is 3.11. The minimum absolute atomic E-state index is 0.207. The van der Waals surface area contributed by atoms with Crippen LogP contribution in [0, 0.1) is 0 Å². The first-order valence-corrected chi connectivity index (χ1v) is 10.8. The SMILES string of the molecule is CS(C)(C)CCOC(=O)NC1CCN(Cc2ccccc2)C1. The van der Waals surface area contributed by atoms with Gasteiger partial charge in [-0.2, -0.15) is 0 Å². The van der Waals surface area contributed by atoms with Gasteiger partial charge in [-0.15, -0.1) is 0 Å². The number of hydrogen-bond donors (Lipinski definition) is 1. The van der Waals surface area contributed by atoms with Crippen LogP contribution in [0.3, 0.4) is 0 Å². The van der Waals surface area contributed by atoms with Crippen LogP contribution in [0.5, 0.6) is 0 Å². The number of carbonyl (C=O) groups excluding carboxylic acids is 1. The quantitative estimate of drug-likeness (QED) is 0.875. The molecule has 1 N–H and O–H groups in total. The van der Waals surface area contributed by atoms with Gasteiger partial charge in [0, 0.05) is 31.4 Å². The van der Waals surface area contributed by atoms with Gasteiger partial charge in [0.2, 0.25) is 0 Å². The number of amides is 1. The molecule has 0 aromatic heterocycles. The van der Waals surface area contributed by atoms with E-state index in [0.29, 0.717) is 6.61 Å². The lowest BCUT2D eigenvalue weighted by Crippen LogP contribution is -2.37. The van der Waals surface area contributed by atoms with Crippen molar-refractivity contribution in [1.29, 1.82) is 0 Å². The topological polar surface area (TPSA) is 41.6 Å². The molecule has 5 heteroatoms. The molecule has 1 heterocycles. The van der Waals surface area contributed by atoms with Crippen LogP contribution in [0.25, 0.3) is 0 Å². The van der Waals surface area contributed by atoms with Crippen molar-refractivity contribution < 1.29 is 9.53 Å². The highest BCUT2D eigenvalue weighted by atomic mass is 32.3. The molecule has 1 fully saturated rings. The van der Waals surface area contributed by atoms with Crippen molar-refractivity contribution in [1.82, 2.24) is 10.2 Å². The predicted octanol–water partition coefficient (Wildman–Crippen LogP) is 2.68. The molecule has 124 valence electrons. The number of ether oxygens (including phenoxy) is 1. The summed E-state index contributed by atoms with van der Waals surface area (Å²) in [6.45, 7) is 3.38. The molecule has 0 radical (unpaired) electrons. The van der Waals surface area contributed by atoms with E-state index in [1.807, 2.05) is 6.07 Å². The zero-order chi connectivity index (χ0) is 16.0.